The van der Waals surface area contributed by atoms with Gasteiger partial charge in [-0.1, -0.05) is 70.3 Å². The summed E-state index contributed by atoms with van der Waals surface area (Å²) in [7, 11) is 3.37. The molecule has 278 valence electrons. The van der Waals surface area contributed by atoms with E-state index in [4.69, 9.17) is 58.7 Å². The SMILES string of the molecule is CNCCN(C)C(=O)O[C@@H]1[C@@H](n2cc(-c3cc(F)c(Cl)c(F)c3)nn2)[C@H]2O[C@@H](c3ccccc3)OC[C@H]2O[C@H]1c1nc(C)nn1-c1cc(Cl)ccc1Cl. The van der Waals surface area contributed by atoms with Crippen LogP contribution < -0.4 is 5.32 Å². The van der Waals surface area contributed by atoms with Crippen molar-refractivity contribution in [2.45, 2.75) is 43.7 Å². The highest BCUT2D eigenvalue weighted by molar-refractivity contribution is 6.34. The first-order valence-corrected chi connectivity index (χ1v) is 17.6. The number of ether oxygens (including phenoxy) is 4. The Kier molecular flexibility index (Phi) is 10.9. The van der Waals surface area contributed by atoms with Crippen LogP contribution in [0.15, 0.2) is 66.9 Å². The number of likely N-dealkylation sites (N-methyl/N-ethyl adjacent to an activating group) is 2. The molecule has 7 rings (SSSR count). The van der Waals surface area contributed by atoms with Crippen LogP contribution in [-0.2, 0) is 18.9 Å². The number of carbonyl (C=O) groups is 1. The Morgan fingerprint density at radius 2 is 1.83 bits per heavy atom. The van der Waals surface area contributed by atoms with Crippen molar-refractivity contribution in [2.24, 2.45) is 0 Å². The highest BCUT2D eigenvalue weighted by Gasteiger charge is 2.55. The Labute approximate surface area is 317 Å². The molecule has 1 amide bonds. The minimum Gasteiger partial charge on any atom is -0.440 e. The first-order chi connectivity index (χ1) is 25.5. The third kappa shape index (κ3) is 7.60. The number of nitrogens with zero attached hydrogens (tertiary/aromatic N) is 7. The van der Waals surface area contributed by atoms with Gasteiger partial charge in [-0.2, -0.15) is 5.10 Å². The van der Waals surface area contributed by atoms with Crippen LogP contribution in [0.1, 0.15) is 35.6 Å². The summed E-state index contributed by atoms with van der Waals surface area (Å²) >= 11 is 18.8. The molecule has 2 aliphatic rings. The number of carbonyl (C=O) groups excluding carboxylic acids is 1. The second-order valence-corrected chi connectivity index (χ2v) is 13.7. The summed E-state index contributed by atoms with van der Waals surface area (Å²) in [4.78, 5) is 20.0. The zero-order chi connectivity index (χ0) is 37.4. The lowest BCUT2D eigenvalue weighted by atomic mass is 9.90. The molecule has 4 heterocycles. The summed E-state index contributed by atoms with van der Waals surface area (Å²) in [5.41, 5.74) is 1.34. The average molecular weight is 790 g/mol. The third-order valence-electron chi connectivity index (χ3n) is 8.89. The smallest absolute Gasteiger partial charge is 0.410 e. The van der Waals surface area contributed by atoms with E-state index in [-0.39, 0.29) is 23.7 Å². The molecule has 0 radical (unpaired) electrons. The molecule has 2 fully saturated rings. The van der Waals surface area contributed by atoms with Gasteiger partial charge in [0.25, 0.3) is 0 Å². The highest BCUT2D eigenvalue weighted by atomic mass is 35.5. The lowest BCUT2D eigenvalue weighted by molar-refractivity contribution is -0.319. The number of hydrogen-bond acceptors (Lipinski definition) is 10. The number of nitrogens with one attached hydrogen (secondary N) is 1. The van der Waals surface area contributed by atoms with Gasteiger partial charge in [0.05, 0.1) is 23.5 Å². The van der Waals surface area contributed by atoms with Crippen LogP contribution in [0, 0.1) is 18.6 Å². The van der Waals surface area contributed by atoms with E-state index >= 15 is 0 Å². The summed E-state index contributed by atoms with van der Waals surface area (Å²) in [6.07, 6.45) is -4.01. The van der Waals surface area contributed by atoms with E-state index < -0.39 is 59.5 Å². The maximum Gasteiger partial charge on any atom is 0.410 e. The number of amides is 1. The minimum absolute atomic E-state index is 0.0557. The van der Waals surface area contributed by atoms with Crippen molar-refractivity contribution in [1.29, 1.82) is 0 Å². The predicted octanol–water partition coefficient (Wildman–Crippen LogP) is 6.52. The van der Waals surface area contributed by atoms with Gasteiger partial charge in [0, 0.05) is 36.3 Å². The number of rotatable bonds is 9. The first kappa shape index (κ1) is 37.1. The summed E-state index contributed by atoms with van der Waals surface area (Å²) < 4.78 is 58.0. The maximum atomic E-state index is 14.6. The van der Waals surface area contributed by atoms with Gasteiger partial charge in [0.2, 0.25) is 0 Å². The molecule has 6 atom stereocenters. The second kappa shape index (κ2) is 15.6. The van der Waals surface area contributed by atoms with Gasteiger partial charge in [-0.3, -0.25) is 0 Å². The molecule has 1 N–H and O–H groups in total. The van der Waals surface area contributed by atoms with Gasteiger partial charge in [0.15, 0.2) is 24.3 Å². The van der Waals surface area contributed by atoms with Gasteiger partial charge < -0.3 is 29.2 Å². The molecule has 0 bridgehead atoms. The Bertz CT molecular complexity index is 2080. The van der Waals surface area contributed by atoms with Crippen molar-refractivity contribution in [1.82, 2.24) is 40.0 Å². The van der Waals surface area contributed by atoms with Crippen LogP contribution in [-0.4, -0.2) is 92.9 Å². The predicted molar refractivity (Wildman–Crippen MR) is 190 cm³/mol. The molecule has 2 aromatic heterocycles. The second-order valence-electron chi connectivity index (χ2n) is 12.5. The Morgan fingerprint density at radius 3 is 2.57 bits per heavy atom. The normalized spacial score (nSPS) is 22.7. The quantitative estimate of drug-likeness (QED) is 0.165. The minimum atomic E-state index is -1.22. The van der Waals surface area contributed by atoms with Gasteiger partial charge >= 0.3 is 6.09 Å². The van der Waals surface area contributed by atoms with Crippen molar-refractivity contribution in [2.75, 3.05) is 33.8 Å². The Morgan fingerprint density at radius 1 is 1.08 bits per heavy atom. The summed E-state index contributed by atoms with van der Waals surface area (Å²) in [5, 5.41) is 16.3. The average Bonchev–Trinajstić information content (AvgIpc) is 3.80. The standard InChI is InChI=1S/C35H33Cl3F2N8O5/c1-18-42-33(48(44-18)26-15-21(36)9-10-22(26)37)32-31(53-35(49)46(3)12-11-41-2)29(30-27(51-32)17-50-34(52-30)19-7-5-4-6-8-19)47-16-25(43-45-47)20-13-23(39)28(38)24(40)14-20/h4-10,13-16,27,29-32,34,41H,11-12,17H2,1-3H3/t27-,29+,30+,31-,32-,34+/m1/s1. The number of fused-ring (bicyclic) bond motifs is 1. The van der Waals surface area contributed by atoms with E-state index in [1.807, 2.05) is 30.3 Å². The van der Waals surface area contributed by atoms with Crippen molar-refractivity contribution in [3.8, 4) is 16.9 Å². The first-order valence-electron chi connectivity index (χ1n) is 16.5. The van der Waals surface area contributed by atoms with Crippen LogP contribution in [0.4, 0.5) is 13.6 Å². The van der Waals surface area contributed by atoms with Crippen molar-refractivity contribution in [3.05, 3.63) is 111 Å². The van der Waals surface area contributed by atoms with Crippen LogP contribution in [0.5, 0.6) is 0 Å². The fourth-order valence-electron chi connectivity index (χ4n) is 6.30. The van der Waals surface area contributed by atoms with Gasteiger partial charge in [-0.05, 0) is 44.3 Å². The monoisotopic (exact) mass is 788 g/mol. The highest BCUT2D eigenvalue weighted by Crippen LogP contribution is 2.46. The van der Waals surface area contributed by atoms with E-state index in [1.54, 1.807) is 39.2 Å². The summed E-state index contributed by atoms with van der Waals surface area (Å²) in [6.45, 7) is 2.56. The largest absolute Gasteiger partial charge is 0.440 e. The van der Waals surface area contributed by atoms with Crippen LogP contribution in [0.25, 0.3) is 16.9 Å². The maximum absolute atomic E-state index is 14.6. The molecule has 13 nitrogen and oxygen atoms in total. The van der Waals surface area contributed by atoms with E-state index in [2.05, 4.69) is 20.7 Å². The van der Waals surface area contributed by atoms with Crippen molar-refractivity contribution < 1.29 is 32.5 Å². The Balaban J connectivity index is 1.37. The van der Waals surface area contributed by atoms with E-state index in [0.717, 1.165) is 17.7 Å². The number of halogens is 5. The molecule has 5 aromatic rings. The van der Waals surface area contributed by atoms with Crippen LogP contribution >= 0.6 is 34.8 Å². The summed E-state index contributed by atoms with van der Waals surface area (Å²) in [5.74, 6) is -1.33. The van der Waals surface area contributed by atoms with Crippen molar-refractivity contribution in [3.63, 3.8) is 0 Å². The van der Waals surface area contributed by atoms with Gasteiger partial charge in [-0.25, -0.2) is 27.9 Å². The third-order valence-corrected chi connectivity index (χ3v) is 9.81. The lowest BCUT2D eigenvalue weighted by Crippen LogP contribution is -2.58. The molecule has 18 heteroatoms. The zero-order valence-electron chi connectivity index (χ0n) is 28.5. The van der Waals surface area contributed by atoms with E-state index in [1.165, 1.54) is 20.5 Å². The molecule has 2 saturated heterocycles. The van der Waals surface area contributed by atoms with Crippen molar-refractivity contribution >= 4 is 40.9 Å². The molecule has 53 heavy (non-hydrogen) atoms. The summed E-state index contributed by atoms with van der Waals surface area (Å²) in [6, 6.07) is 15.3. The zero-order valence-corrected chi connectivity index (χ0v) is 30.8. The topological polar surface area (TPSA) is 131 Å². The lowest BCUT2D eigenvalue weighted by Gasteiger charge is -2.48. The van der Waals surface area contributed by atoms with Crippen LogP contribution in [0.2, 0.25) is 15.1 Å². The Hall–Kier alpha value is -4.22. The molecular formula is C35H33Cl3F2N8O5. The molecule has 0 unspecified atom stereocenters. The fraction of sp³-hybridized carbons (Fsp3) is 0.343. The van der Waals surface area contributed by atoms with Gasteiger partial charge in [0.1, 0.15) is 46.4 Å². The number of aryl methyl sites for hydroxylation is 1. The van der Waals surface area contributed by atoms with Crippen LogP contribution in [0.3, 0.4) is 0 Å². The number of aromatic nitrogens is 6. The fourth-order valence-corrected chi connectivity index (χ4v) is 6.77. The molecule has 2 aliphatic heterocycles. The van der Waals surface area contributed by atoms with E-state index in [0.29, 0.717) is 34.6 Å². The molecule has 3 aromatic carbocycles. The van der Waals surface area contributed by atoms with E-state index in [9.17, 15) is 13.6 Å². The molecular weight excluding hydrogens is 757 g/mol. The van der Waals surface area contributed by atoms with Gasteiger partial charge in [-0.15, -0.1) is 5.10 Å². The number of benzene rings is 3. The number of hydrogen-bond donors (Lipinski definition) is 1. The molecule has 0 saturated carbocycles. The molecule has 0 aliphatic carbocycles. The molecule has 0 spiro atoms.